The smallest absolute Gasteiger partial charge is 0.413 e. The molecule has 0 aliphatic rings. The Bertz CT molecular complexity index is 4450. The molecule has 4 unspecified atom stereocenters. The van der Waals surface area contributed by atoms with Crippen LogP contribution in [0.15, 0.2) is 129 Å². The number of esters is 1. The molecule has 7 heterocycles. The molecule has 10 N–H and O–H groups in total. The number of aromatic nitrogens is 7. The summed E-state index contributed by atoms with van der Waals surface area (Å²) in [6, 6.07) is 13.9. The number of methoxy groups -OCH3 is 5. The molecule has 4 atom stereocenters. The summed E-state index contributed by atoms with van der Waals surface area (Å²) in [6.07, 6.45) is 8.69. The van der Waals surface area contributed by atoms with Gasteiger partial charge in [-0.3, -0.25) is 54.3 Å². The van der Waals surface area contributed by atoms with Gasteiger partial charge >= 0.3 is 24.2 Å². The number of amides is 7. The van der Waals surface area contributed by atoms with Crippen molar-refractivity contribution in [3.05, 3.63) is 143 Å². The number of carbonyl (C=O) groups excluding carboxylic acids is 11. The van der Waals surface area contributed by atoms with Crippen molar-refractivity contribution < 1.29 is 114 Å². The second kappa shape index (κ2) is 52.4. The first-order chi connectivity index (χ1) is 57.8. The first-order valence-electron chi connectivity index (χ1n) is 37.8. The number of nitrogens with two attached hydrogens (primary N) is 1. The van der Waals surface area contributed by atoms with E-state index in [1.165, 1.54) is 91.1 Å². The standard InChI is InChI=1S/C22H30N4O7.C19H28ClN3O5.C19H29N3O6.C17H22N4O5.C3H3NO2.CH2ClI/c1-21(2,3)33-20(29)25-17-12-14(7-9-23-17)11-15(24-19(28)22(4,5)30-6)16(27)13-31-18-8-10-32-26-18;1-18(2,3)28-17(26)23-15-10-12(7-8-21-15)9-13(14(24)11-20)22-16(25)19(4,5)27-6;1-18(2,3)28-17(25)22-14-11-12(8-9-20-14)10-13(15(23)26-6)21-16(24)19(4,5)27-7;1-17(2,24-3)16(23)20-12(8-11-4-6-19-14(18)9-11)13(22)10-25-15-5-7-26-21-15;5-3-1-2-6-4-3;2-1-3/h7-10,12,15H,11,13H2,1-6H3,(H,24,28)(H,23,25,29);7-8,10,13H,9,11H2,1-6H3,(H,22,25)(H,21,23,26);8-9,11,13H,10H2,1-7H3,(H,21,24)(H,20,22,25);4-7,9,12H,8,10H2,1-3H3,(H2,18,19)(H,20,23);1-2H,(H,4,5);1H2. The SMILES string of the molecule is COC(=O)C(Cc1ccnc(NC(=O)OC(C)(C)C)c1)NC(=O)C(C)(C)OC.COC(C)(C)C(=O)NC(Cc1ccnc(N)c1)C(=O)COc1ccon1.COC(C)(C)C(=O)NC(Cc1ccnc(NC(=O)OC(C)(C)C)c1)C(=O)CCl.COC(C)(C)C(=O)NC(Cc1ccnc(NC(=O)OC(C)(C)C)c1)C(=O)COc1ccon1.ClCI.O=c1cco[nH]1. The molecule has 0 aliphatic carbocycles. The van der Waals surface area contributed by atoms with Gasteiger partial charge in [-0.05, 0) is 205 Å². The van der Waals surface area contributed by atoms with E-state index in [1.54, 1.807) is 172 Å². The summed E-state index contributed by atoms with van der Waals surface area (Å²) >= 11 is 12.7. The second-order valence-electron chi connectivity index (χ2n) is 31.2. The Balaban J connectivity index is 0.000000542. The predicted octanol–water partition coefficient (Wildman–Crippen LogP) is 9.60. The number of nitrogens with one attached hydrogen (secondary N) is 8. The number of hydrogen-bond donors (Lipinski definition) is 9. The average Bonchev–Trinajstić information content (AvgIpc) is 1.08. The fourth-order valence-corrected chi connectivity index (χ4v) is 9.11. The number of ketones is 3. The van der Waals surface area contributed by atoms with Gasteiger partial charge in [0.05, 0.1) is 35.0 Å². The van der Waals surface area contributed by atoms with E-state index in [4.69, 9.17) is 76.3 Å². The molecule has 7 aromatic rings. The van der Waals surface area contributed by atoms with Crippen LogP contribution in [-0.4, -0.2) is 223 Å². The molecule has 124 heavy (non-hydrogen) atoms. The maximum atomic E-state index is 12.9. The molecule has 0 aliphatic heterocycles. The molecular formula is C81H114Cl2IN15O25. The summed E-state index contributed by atoms with van der Waals surface area (Å²) in [5, 5.41) is 27.6. The molecule has 0 aromatic carbocycles. The fourth-order valence-electron chi connectivity index (χ4n) is 8.93. The number of carbonyl (C=O) groups is 11. The number of pyridine rings is 4. The first-order valence-corrected chi connectivity index (χ1v) is 40.4. The van der Waals surface area contributed by atoms with E-state index in [9.17, 15) is 57.5 Å². The molecule has 0 saturated carbocycles. The van der Waals surface area contributed by atoms with E-state index < -0.39 is 117 Å². The minimum absolute atomic E-state index is 0.123. The quantitative estimate of drug-likeness (QED) is 0.00784. The highest BCUT2D eigenvalue weighted by Crippen LogP contribution is 2.21. The van der Waals surface area contributed by atoms with Crippen molar-refractivity contribution in [1.29, 1.82) is 0 Å². The van der Waals surface area contributed by atoms with Crippen LogP contribution in [0.2, 0.25) is 0 Å². The lowest BCUT2D eigenvalue weighted by molar-refractivity contribution is -0.149. The summed E-state index contributed by atoms with van der Waals surface area (Å²) in [6.45, 7) is 27.9. The topological polar surface area (TPSA) is 540 Å². The van der Waals surface area contributed by atoms with Crippen LogP contribution in [0, 0.1) is 0 Å². The lowest BCUT2D eigenvalue weighted by Crippen LogP contribution is -2.52. The van der Waals surface area contributed by atoms with E-state index in [1.807, 2.05) is 0 Å². The van der Waals surface area contributed by atoms with Gasteiger partial charge < -0.3 is 87.9 Å². The Labute approximate surface area is 742 Å². The minimum atomic E-state index is -1.15. The Kier molecular flexibility index (Phi) is 46.0. The van der Waals surface area contributed by atoms with E-state index in [-0.39, 0.29) is 91.1 Å². The third-order valence-corrected chi connectivity index (χ3v) is 16.5. The number of nitrogen functional groups attached to an aromatic ring is 1. The molecule has 43 heteroatoms. The lowest BCUT2D eigenvalue weighted by Gasteiger charge is -2.26. The van der Waals surface area contributed by atoms with Gasteiger partial charge in [0.15, 0.2) is 30.6 Å². The lowest BCUT2D eigenvalue weighted by atomic mass is 10.0. The van der Waals surface area contributed by atoms with Crippen LogP contribution >= 0.6 is 45.8 Å². The van der Waals surface area contributed by atoms with Crippen LogP contribution < -0.4 is 58.0 Å². The van der Waals surface area contributed by atoms with Gasteiger partial charge in [0.25, 0.3) is 40.9 Å². The highest BCUT2D eigenvalue weighted by molar-refractivity contribution is 14.1. The molecule has 0 fully saturated rings. The number of rotatable bonds is 34. The van der Waals surface area contributed by atoms with Crippen LogP contribution in [0.3, 0.4) is 0 Å². The van der Waals surface area contributed by atoms with E-state index >= 15 is 0 Å². The van der Waals surface area contributed by atoms with Crippen LogP contribution in [-0.2, 0) is 102 Å². The molecule has 7 aromatic heterocycles. The van der Waals surface area contributed by atoms with E-state index in [0.717, 1.165) is 5.56 Å². The van der Waals surface area contributed by atoms with Gasteiger partial charge in [0.2, 0.25) is 0 Å². The maximum absolute atomic E-state index is 12.9. The summed E-state index contributed by atoms with van der Waals surface area (Å²) in [7, 11) is 6.89. The predicted molar refractivity (Wildman–Crippen MR) is 464 cm³/mol. The number of hydrogen-bond acceptors (Lipinski definition) is 32. The molecule has 684 valence electrons. The van der Waals surface area contributed by atoms with Gasteiger partial charge in [-0.1, -0.05) is 22.6 Å². The molecule has 0 spiro atoms. The van der Waals surface area contributed by atoms with Crippen LogP contribution in [0.5, 0.6) is 11.8 Å². The molecule has 7 rings (SSSR count). The second-order valence-corrected chi connectivity index (χ2v) is 33.4. The normalized spacial score (nSPS) is 12.3. The zero-order valence-electron chi connectivity index (χ0n) is 73.5. The molecule has 0 bridgehead atoms. The van der Waals surface area contributed by atoms with Crippen molar-refractivity contribution in [3.63, 3.8) is 0 Å². The number of Topliss-reactive ketones (excluding diaryl/α,β-unsaturated/α-hetero) is 3. The summed E-state index contributed by atoms with van der Waals surface area (Å²) in [5.74, 6) is -2.21. The molecule has 40 nitrogen and oxygen atoms in total. The number of alkyl halides is 3. The van der Waals surface area contributed by atoms with Crippen molar-refractivity contribution in [2.75, 3.05) is 80.2 Å². The van der Waals surface area contributed by atoms with Gasteiger partial charge in [-0.25, -0.2) is 39.1 Å². The summed E-state index contributed by atoms with van der Waals surface area (Å²) in [4.78, 5) is 161. The van der Waals surface area contributed by atoms with Crippen molar-refractivity contribution in [2.24, 2.45) is 0 Å². The van der Waals surface area contributed by atoms with Gasteiger partial charge in [-0.2, -0.15) is 5.16 Å². The Morgan fingerprint density at radius 2 is 0.734 bits per heavy atom. The van der Waals surface area contributed by atoms with E-state index in [2.05, 4.69) is 109 Å². The molecule has 0 radical (unpaired) electrons. The first kappa shape index (κ1) is 109. The molecule has 0 saturated heterocycles. The fraction of sp³-hybridized carbons (Fsp3) is 0.506. The number of aromatic amines is 1. The van der Waals surface area contributed by atoms with Crippen LogP contribution in [0.4, 0.5) is 37.7 Å². The van der Waals surface area contributed by atoms with Gasteiger partial charge in [0, 0.05) is 90.7 Å². The average molecular weight is 1900 g/mol. The third kappa shape index (κ3) is 43.7. The Hall–Kier alpha value is -11.3. The maximum Gasteiger partial charge on any atom is 0.413 e. The zero-order valence-corrected chi connectivity index (χ0v) is 77.1. The molecular weight excluding hydrogens is 1780 g/mol. The van der Waals surface area contributed by atoms with Gasteiger partial charge in [-0.15, -0.1) is 23.2 Å². The number of H-pyrrole nitrogens is 1. The zero-order chi connectivity index (χ0) is 94.0. The number of nitrogens with zero attached hydrogens (tertiary/aromatic N) is 6. The number of halogens is 3. The molecule has 7 amide bonds. The highest BCUT2D eigenvalue weighted by Gasteiger charge is 2.36. The largest absolute Gasteiger partial charge is 0.467 e. The minimum Gasteiger partial charge on any atom is -0.467 e. The Morgan fingerprint density at radius 1 is 0.435 bits per heavy atom. The van der Waals surface area contributed by atoms with Crippen LogP contribution in [0.1, 0.15) is 140 Å². The summed E-state index contributed by atoms with van der Waals surface area (Å²) in [5.41, 5.74) is 1.85. The third-order valence-electron chi connectivity index (χ3n) is 16.2. The van der Waals surface area contributed by atoms with Crippen molar-refractivity contribution >= 4 is 134 Å². The van der Waals surface area contributed by atoms with Crippen molar-refractivity contribution in [3.8, 4) is 11.8 Å². The monoisotopic (exact) mass is 1890 g/mol. The highest BCUT2D eigenvalue weighted by atomic mass is 127. The van der Waals surface area contributed by atoms with Crippen molar-refractivity contribution in [1.82, 2.24) is 56.7 Å². The number of ether oxygens (including phenoxy) is 10. The van der Waals surface area contributed by atoms with Crippen LogP contribution in [0.25, 0.3) is 0 Å². The van der Waals surface area contributed by atoms with Crippen molar-refractivity contribution in [2.45, 2.75) is 207 Å². The Morgan fingerprint density at radius 3 is 0.984 bits per heavy atom. The van der Waals surface area contributed by atoms with E-state index in [0.29, 0.717) is 26.4 Å². The summed E-state index contributed by atoms with van der Waals surface area (Å²) < 4.78 is 65.9. The van der Waals surface area contributed by atoms with Gasteiger partial charge in [0.1, 0.15) is 87.3 Å². The number of anilines is 4.